The minimum atomic E-state index is -3.45. The van der Waals surface area contributed by atoms with Crippen molar-refractivity contribution in [2.45, 2.75) is 11.1 Å². The SMILES string of the molecule is CCOC(=O)/C=C/c1ccc(NC(=O)CN2CCN(S(=O)(=O)c3cccs3)CC2)cc1. The largest absolute Gasteiger partial charge is 0.463 e. The number of ether oxygens (including phenoxy) is 1. The number of nitrogens with one attached hydrogen (secondary N) is 1. The number of anilines is 1. The Morgan fingerprint density at radius 3 is 2.45 bits per heavy atom. The Kier molecular flexibility index (Phi) is 7.97. The van der Waals surface area contributed by atoms with Crippen molar-refractivity contribution < 1.29 is 22.7 Å². The van der Waals surface area contributed by atoms with E-state index >= 15 is 0 Å². The third kappa shape index (κ3) is 6.47. The molecule has 0 spiro atoms. The fraction of sp³-hybridized carbons (Fsp3) is 0.333. The van der Waals surface area contributed by atoms with E-state index in [1.165, 1.54) is 21.7 Å². The van der Waals surface area contributed by atoms with E-state index in [0.29, 0.717) is 42.7 Å². The van der Waals surface area contributed by atoms with Crippen LogP contribution < -0.4 is 5.32 Å². The zero-order valence-electron chi connectivity index (χ0n) is 17.2. The number of carbonyl (C=O) groups is 2. The first-order chi connectivity index (χ1) is 14.9. The van der Waals surface area contributed by atoms with Gasteiger partial charge in [0.05, 0.1) is 13.2 Å². The maximum absolute atomic E-state index is 12.6. The van der Waals surface area contributed by atoms with Gasteiger partial charge in [0.15, 0.2) is 0 Å². The minimum Gasteiger partial charge on any atom is -0.463 e. The fourth-order valence-corrected chi connectivity index (χ4v) is 5.67. The molecule has 0 aliphatic carbocycles. The number of thiophene rings is 1. The van der Waals surface area contributed by atoms with Crippen molar-refractivity contribution in [3.05, 3.63) is 53.4 Å². The molecule has 1 aromatic heterocycles. The molecule has 1 N–H and O–H groups in total. The molecule has 166 valence electrons. The number of rotatable bonds is 8. The van der Waals surface area contributed by atoms with E-state index in [4.69, 9.17) is 4.74 Å². The zero-order chi connectivity index (χ0) is 22.3. The van der Waals surface area contributed by atoms with Crippen LogP contribution in [-0.4, -0.2) is 68.8 Å². The quantitative estimate of drug-likeness (QED) is 0.477. The van der Waals surface area contributed by atoms with Crippen molar-refractivity contribution in [1.29, 1.82) is 0 Å². The van der Waals surface area contributed by atoms with Crippen LogP contribution in [0.3, 0.4) is 0 Å². The van der Waals surface area contributed by atoms with Gasteiger partial charge in [0, 0.05) is 37.9 Å². The summed E-state index contributed by atoms with van der Waals surface area (Å²) >= 11 is 1.21. The molecule has 0 bridgehead atoms. The van der Waals surface area contributed by atoms with E-state index in [2.05, 4.69) is 5.32 Å². The van der Waals surface area contributed by atoms with Crippen LogP contribution in [0.1, 0.15) is 12.5 Å². The lowest BCUT2D eigenvalue weighted by Crippen LogP contribution is -2.50. The lowest BCUT2D eigenvalue weighted by molar-refractivity contribution is -0.137. The molecule has 0 unspecified atom stereocenters. The average Bonchev–Trinajstić information content (AvgIpc) is 3.30. The number of esters is 1. The van der Waals surface area contributed by atoms with Gasteiger partial charge in [-0.1, -0.05) is 18.2 Å². The first kappa shape index (κ1) is 23.1. The standard InChI is InChI=1S/C21H25N3O5S2/c1-2-29-20(26)10-7-17-5-8-18(9-6-17)22-19(25)16-23-11-13-24(14-12-23)31(27,28)21-4-3-15-30-21/h3-10,15H,2,11-14,16H2,1H3,(H,22,25)/b10-7+. The van der Waals surface area contributed by atoms with Crippen LogP contribution in [0.2, 0.25) is 0 Å². The fourth-order valence-electron chi connectivity index (χ4n) is 3.10. The van der Waals surface area contributed by atoms with E-state index in [1.54, 1.807) is 54.8 Å². The van der Waals surface area contributed by atoms with Gasteiger partial charge in [0.1, 0.15) is 4.21 Å². The summed E-state index contributed by atoms with van der Waals surface area (Å²) in [5.41, 5.74) is 1.46. The molecular formula is C21H25N3O5S2. The van der Waals surface area contributed by atoms with E-state index in [9.17, 15) is 18.0 Å². The molecule has 2 aromatic rings. The van der Waals surface area contributed by atoms with Gasteiger partial charge in [-0.25, -0.2) is 13.2 Å². The predicted molar refractivity (Wildman–Crippen MR) is 120 cm³/mol. The number of hydrogen-bond donors (Lipinski definition) is 1. The smallest absolute Gasteiger partial charge is 0.330 e. The number of benzene rings is 1. The van der Waals surface area contributed by atoms with E-state index < -0.39 is 16.0 Å². The maximum Gasteiger partial charge on any atom is 0.330 e. The van der Waals surface area contributed by atoms with Crippen molar-refractivity contribution in [2.75, 3.05) is 44.6 Å². The molecule has 2 heterocycles. The van der Waals surface area contributed by atoms with Crippen LogP contribution in [0.25, 0.3) is 6.08 Å². The highest BCUT2D eigenvalue weighted by atomic mass is 32.2. The Morgan fingerprint density at radius 1 is 1.13 bits per heavy atom. The van der Waals surface area contributed by atoms with E-state index in [-0.39, 0.29) is 12.5 Å². The second kappa shape index (κ2) is 10.7. The number of nitrogens with zero attached hydrogens (tertiary/aromatic N) is 2. The Morgan fingerprint density at radius 2 is 1.84 bits per heavy atom. The molecule has 0 radical (unpaired) electrons. The number of piperazine rings is 1. The normalized spacial score (nSPS) is 15.8. The average molecular weight is 464 g/mol. The minimum absolute atomic E-state index is 0.163. The van der Waals surface area contributed by atoms with Gasteiger partial charge >= 0.3 is 5.97 Å². The summed E-state index contributed by atoms with van der Waals surface area (Å²) in [6.45, 7) is 3.97. The van der Waals surface area contributed by atoms with Crippen LogP contribution in [0.4, 0.5) is 5.69 Å². The topological polar surface area (TPSA) is 96.0 Å². The molecule has 1 amide bonds. The van der Waals surface area contributed by atoms with Crippen LogP contribution in [0.5, 0.6) is 0 Å². The van der Waals surface area contributed by atoms with Gasteiger partial charge < -0.3 is 10.1 Å². The van der Waals surface area contributed by atoms with Crippen molar-refractivity contribution in [2.24, 2.45) is 0 Å². The predicted octanol–water partition coefficient (Wildman–Crippen LogP) is 2.27. The van der Waals surface area contributed by atoms with Gasteiger partial charge in [0.25, 0.3) is 10.0 Å². The van der Waals surface area contributed by atoms with Crippen LogP contribution in [0, 0.1) is 0 Å². The molecule has 10 heteroatoms. The van der Waals surface area contributed by atoms with Crippen LogP contribution >= 0.6 is 11.3 Å². The van der Waals surface area contributed by atoms with Gasteiger partial charge in [-0.2, -0.15) is 4.31 Å². The number of carbonyl (C=O) groups excluding carboxylic acids is 2. The second-order valence-corrected chi connectivity index (χ2v) is 9.98. The summed E-state index contributed by atoms with van der Waals surface area (Å²) in [5, 5.41) is 4.59. The summed E-state index contributed by atoms with van der Waals surface area (Å²) in [4.78, 5) is 25.6. The number of amides is 1. The number of hydrogen-bond acceptors (Lipinski definition) is 7. The summed E-state index contributed by atoms with van der Waals surface area (Å²) < 4.78 is 31.8. The van der Waals surface area contributed by atoms with E-state index in [1.807, 2.05) is 4.90 Å². The molecule has 1 saturated heterocycles. The molecular weight excluding hydrogens is 438 g/mol. The first-order valence-electron chi connectivity index (χ1n) is 9.89. The first-order valence-corrected chi connectivity index (χ1v) is 12.2. The summed E-state index contributed by atoms with van der Waals surface area (Å²) in [5.74, 6) is -0.562. The highest BCUT2D eigenvalue weighted by molar-refractivity contribution is 7.91. The third-order valence-electron chi connectivity index (χ3n) is 4.68. The second-order valence-electron chi connectivity index (χ2n) is 6.87. The molecule has 0 atom stereocenters. The molecule has 3 rings (SSSR count). The molecule has 1 aromatic carbocycles. The molecule has 31 heavy (non-hydrogen) atoms. The molecule has 0 saturated carbocycles. The van der Waals surface area contributed by atoms with Crippen molar-refractivity contribution >= 4 is 45.0 Å². The van der Waals surface area contributed by atoms with Crippen molar-refractivity contribution in [1.82, 2.24) is 9.21 Å². The highest BCUT2D eigenvalue weighted by Gasteiger charge is 2.29. The van der Waals surface area contributed by atoms with Crippen LogP contribution in [0.15, 0.2) is 52.1 Å². The lowest BCUT2D eigenvalue weighted by atomic mass is 10.2. The van der Waals surface area contributed by atoms with Gasteiger partial charge in [-0.05, 0) is 42.1 Å². The third-order valence-corrected chi connectivity index (χ3v) is 7.95. The summed E-state index contributed by atoms with van der Waals surface area (Å²) in [6, 6.07) is 10.4. The monoisotopic (exact) mass is 463 g/mol. The Bertz CT molecular complexity index is 1010. The van der Waals surface area contributed by atoms with Crippen molar-refractivity contribution in [3.63, 3.8) is 0 Å². The molecule has 1 fully saturated rings. The van der Waals surface area contributed by atoms with E-state index in [0.717, 1.165) is 5.56 Å². The highest BCUT2D eigenvalue weighted by Crippen LogP contribution is 2.22. The van der Waals surface area contributed by atoms with Crippen LogP contribution in [-0.2, 0) is 24.3 Å². The maximum atomic E-state index is 12.6. The summed E-state index contributed by atoms with van der Waals surface area (Å²) in [6.07, 6.45) is 3.00. The zero-order valence-corrected chi connectivity index (χ0v) is 18.8. The van der Waals surface area contributed by atoms with Gasteiger partial charge in [-0.15, -0.1) is 11.3 Å². The van der Waals surface area contributed by atoms with Gasteiger partial charge in [-0.3, -0.25) is 9.69 Å². The lowest BCUT2D eigenvalue weighted by Gasteiger charge is -2.33. The van der Waals surface area contributed by atoms with Crippen molar-refractivity contribution in [3.8, 4) is 0 Å². The summed E-state index contributed by atoms with van der Waals surface area (Å²) in [7, 11) is -3.45. The Labute approximate surface area is 186 Å². The number of sulfonamides is 1. The molecule has 8 nitrogen and oxygen atoms in total. The molecule has 1 aliphatic rings. The Hall–Kier alpha value is -2.53. The Balaban J connectivity index is 1.46. The molecule has 1 aliphatic heterocycles. The van der Waals surface area contributed by atoms with Gasteiger partial charge in [0.2, 0.25) is 5.91 Å².